The molecule has 0 saturated heterocycles. The van der Waals surface area contributed by atoms with E-state index in [2.05, 4.69) is 67.2 Å². The zero-order valence-electron chi connectivity index (χ0n) is 13.6. The smallest absolute Gasteiger partial charge is 0.0409 e. The van der Waals surface area contributed by atoms with Crippen molar-refractivity contribution in [3.8, 4) is 0 Å². The van der Waals surface area contributed by atoms with Crippen LogP contribution in [0.15, 0.2) is 52.3 Å². The summed E-state index contributed by atoms with van der Waals surface area (Å²) in [5, 5.41) is 1.35. The quantitative estimate of drug-likeness (QED) is 0.620. The lowest BCUT2D eigenvalue weighted by atomic mass is 10.0. The zero-order valence-corrected chi connectivity index (χ0v) is 16.0. The summed E-state index contributed by atoms with van der Waals surface area (Å²) in [7, 11) is 4.28. The highest BCUT2D eigenvalue weighted by molar-refractivity contribution is 8.00. The van der Waals surface area contributed by atoms with Crippen molar-refractivity contribution < 1.29 is 0 Å². The molecule has 0 radical (unpaired) electrons. The van der Waals surface area contributed by atoms with Crippen molar-refractivity contribution in [1.29, 1.82) is 0 Å². The summed E-state index contributed by atoms with van der Waals surface area (Å²) in [6.45, 7) is 1.15. The van der Waals surface area contributed by atoms with Crippen LogP contribution in [0.5, 0.6) is 0 Å². The molecule has 0 spiro atoms. The third-order valence-corrected chi connectivity index (χ3v) is 6.77. The third-order valence-electron chi connectivity index (χ3n) is 3.98. The monoisotopic (exact) mass is 363 g/mol. The lowest BCUT2D eigenvalue weighted by Crippen LogP contribution is -2.13. The van der Waals surface area contributed by atoms with Gasteiger partial charge >= 0.3 is 0 Å². The molecule has 3 rings (SSSR count). The molecule has 0 fully saturated rings. The van der Waals surface area contributed by atoms with Crippen molar-refractivity contribution in [3.63, 3.8) is 0 Å². The van der Waals surface area contributed by atoms with E-state index in [-0.39, 0.29) is 0 Å². The number of fused-ring (bicyclic) bond motifs is 2. The number of halogens is 1. The fourth-order valence-corrected chi connectivity index (χ4v) is 5.48. The van der Waals surface area contributed by atoms with Crippen LogP contribution < -0.4 is 0 Å². The van der Waals surface area contributed by atoms with Gasteiger partial charge in [-0.2, -0.15) is 11.8 Å². The van der Waals surface area contributed by atoms with Crippen LogP contribution >= 0.6 is 35.1 Å². The maximum atomic E-state index is 6.23. The van der Waals surface area contributed by atoms with Crippen molar-refractivity contribution in [1.82, 2.24) is 4.90 Å². The summed E-state index contributed by atoms with van der Waals surface area (Å²) in [6.07, 6.45) is 2.29. The Morgan fingerprint density at radius 3 is 2.83 bits per heavy atom. The minimum absolute atomic E-state index is 0.514. The standard InChI is InChI=1S/C19H22ClNS2/c1-21(2)10-5-11-22-19-13-14-12-15(20)8-9-17(14)23-18-7-4-3-6-16(18)19/h3-4,6-9,12,19H,5,10-11,13H2,1-2H3/t19-/m0/s1. The number of hydrogen-bond donors (Lipinski definition) is 0. The fourth-order valence-electron chi connectivity index (χ4n) is 2.83. The van der Waals surface area contributed by atoms with Crippen molar-refractivity contribution in [2.45, 2.75) is 27.9 Å². The molecule has 1 aliphatic rings. The van der Waals surface area contributed by atoms with Crippen LogP contribution in [0, 0.1) is 0 Å². The van der Waals surface area contributed by atoms with E-state index in [1.54, 1.807) is 0 Å². The van der Waals surface area contributed by atoms with Crippen molar-refractivity contribution in [3.05, 3.63) is 58.6 Å². The summed E-state index contributed by atoms with van der Waals surface area (Å²) in [5.74, 6) is 1.19. The SMILES string of the molecule is CN(C)CCCS[C@H]1Cc2cc(Cl)ccc2Sc2ccccc21. The van der Waals surface area contributed by atoms with Gasteiger partial charge in [0, 0.05) is 20.1 Å². The van der Waals surface area contributed by atoms with Crippen LogP contribution in [0.1, 0.15) is 22.8 Å². The van der Waals surface area contributed by atoms with Gasteiger partial charge in [0.2, 0.25) is 0 Å². The minimum atomic E-state index is 0.514. The summed E-state index contributed by atoms with van der Waals surface area (Å²) < 4.78 is 0. The normalized spacial score (nSPS) is 16.8. The van der Waals surface area contributed by atoms with Gasteiger partial charge in [0.15, 0.2) is 0 Å². The lowest BCUT2D eigenvalue weighted by Gasteiger charge is -2.18. The Kier molecular flexibility index (Phi) is 5.97. The second-order valence-electron chi connectivity index (χ2n) is 6.11. The molecule has 4 heteroatoms. The highest BCUT2D eigenvalue weighted by Gasteiger charge is 2.22. The molecule has 0 aliphatic carbocycles. The first-order valence-electron chi connectivity index (χ1n) is 7.95. The van der Waals surface area contributed by atoms with Crippen molar-refractivity contribution in [2.75, 3.05) is 26.4 Å². The minimum Gasteiger partial charge on any atom is -0.309 e. The molecule has 1 atom stereocenters. The van der Waals surface area contributed by atoms with E-state index in [0.29, 0.717) is 5.25 Å². The molecule has 0 amide bonds. The van der Waals surface area contributed by atoms with Crippen LogP contribution in [0.2, 0.25) is 5.02 Å². The van der Waals surface area contributed by atoms with E-state index >= 15 is 0 Å². The molecular weight excluding hydrogens is 342 g/mol. The second-order valence-corrected chi connectivity index (χ2v) is 8.94. The van der Waals surface area contributed by atoms with Gasteiger partial charge in [0.05, 0.1) is 0 Å². The Morgan fingerprint density at radius 1 is 1.17 bits per heavy atom. The van der Waals surface area contributed by atoms with Crippen LogP contribution in [-0.4, -0.2) is 31.3 Å². The lowest BCUT2D eigenvalue weighted by molar-refractivity contribution is 0.410. The highest BCUT2D eigenvalue weighted by Crippen LogP contribution is 2.46. The van der Waals surface area contributed by atoms with Gasteiger partial charge in [0.1, 0.15) is 0 Å². The zero-order chi connectivity index (χ0) is 16.2. The first kappa shape index (κ1) is 17.2. The number of thioether (sulfide) groups is 1. The van der Waals surface area contributed by atoms with Gasteiger partial charge in [-0.1, -0.05) is 41.6 Å². The van der Waals surface area contributed by atoms with Crippen LogP contribution in [0.3, 0.4) is 0 Å². The average Bonchev–Trinajstić information content (AvgIpc) is 2.68. The van der Waals surface area contributed by atoms with E-state index in [1.165, 1.54) is 33.1 Å². The van der Waals surface area contributed by atoms with E-state index in [9.17, 15) is 0 Å². The van der Waals surface area contributed by atoms with E-state index in [4.69, 9.17) is 11.6 Å². The van der Waals surface area contributed by atoms with E-state index in [0.717, 1.165) is 18.0 Å². The van der Waals surface area contributed by atoms with Gasteiger partial charge in [-0.3, -0.25) is 0 Å². The summed E-state index contributed by atoms with van der Waals surface area (Å²) in [4.78, 5) is 4.99. The molecule has 1 heterocycles. The average molecular weight is 364 g/mol. The molecule has 0 aromatic heterocycles. The van der Waals surface area contributed by atoms with Crippen molar-refractivity contribution >= 4 is 35.1 Å². The molecule has 1 nitrogen and oxygen atoms in total. The van der Waals surface area contributed by atoms with Crippen LogP contribution in [0.25, 0.3) is 0 Å². The molecule has 0 unspecified atom stereocenters. The number of rotatable bonds is 5. The van der Waals surface area contributed by atoms with Gasteiger partial charge in [0.25, 0.3) is 0 Å². The number of nitrogens with zero attached hydrogens (tertiary/aromatic N) is 1. The molecule has 23 heavy (non-hydrogen) atoms. The van der Waals surface area contributed by atoms with Crippen LogP contribution in [0.4, 0.5) is 0 Å². The Morgan fingerprint density at radius 2 is 2.00 bits per heavy atom. The molecule has 1 aliphatic heterocycles. The van der Waals surface area contributed by atoms with E-state index < -0.39 is 0 Å². The molecular formula is C19H22ClNS2. The van der Waals surface area contributed by atoms with Gasteiger partial charge in [-0.25, -0.2) is 0 Å². The van der Waals surface area contributed by atoms with Gasteiger partial charge in [-0.05, 0) is 74.6 Å². The predicted octanol–water partition coefficient (Wildman–Crippen LogP) is 5.77. The van der Waals surface area contributed by atoms with Crippen LogP contribution in [-0.2, 0) is 6.42 Å². The molecule has 2 aromatic carbocycles. The van der Waals surface area contributed by atoms with Gasteiger partial charge in [-0.15, -0.1) is 0 Å². The first-order valence-corrected chi connectivity index (χ1v) is 10.2. The highest BCUT2D eigenvalue weighted by atomic mass is 35.5. The summed E-state index contributed by atoms with van der Waals surface area (Å²) in [6, 6.07) is 15.1. The Balaban J connectivity index is 1.82. The largest absolute Gasteiger partial charge is 0.309 e. The molecule has 122 valence electrons. The molecule has 0 saturated carbocycles. The number of hydrogen-bond acceptors (Lipinski definition) is 3. The fraction of sp³-hybridized carbons (Fsp3) is 0.368. The number of benzene rings is 2. The maximum Gasteiger partial charge on any atom is 0.0409 e. The molecule has 0 bridgehead atoms. The predicted molar refractivity (Wildman–Crippen MR) is 104 cm³/mol. The molecule has 2 aromatic rings. The maximum absolute atomic E-state index is 6.23. The summed E-state index contributed by atoms with van der Waals surface area (Å²) in [5.41, 5.74) is 2.85. The topological polar surface area (TPSA) is 3.24 Å². The second kappa shape index (κ2) is 7.98. The third kappa shape index (κ3) is 4.48. The molecule has 0 N–H and O–H groups in total. The Bertz CT molecular complexity index is 672. The Hall–Kier alpha value is -0.610. The van der Waals surface area contributed by atoms with Gasteiger partial charge < -0.3 is 4.90 Å². The first-order chi connectivity index (χ1) is 11.1. The summed E-state index contributed by atoms with van der Waals surface area (Å²) >= 11 is 10.2. The Labute approximate surface area is 152 Å². The van der Waals surface area contributed by atoms with Crippen molar-refractivity contribution in [2.24, 2.45) is 0 Å². The van der Waals surface area contributed by atoms with E-state index in [1.807, 2.05) is 17.8 Å².